The summed E-state index contributed by atoms with van der Waals surface area (Å²) in [5.74, 6) is 0. The van der Waals surface area contributed by atoms with E-state index in [0.717, 1.165) is 21.2 Å². The van der Waals surface area contributed by atoms with Crippen molar-refractivity contribution < 1.29 is 0 Å². The number of nitrogens with two attached hydrogens (primary N) is 1. The predicted octanol–water partition coefficient (Wildman–Crippen LogP) is 4.92. The van der Waals surface area contributed by atoms with Gasteiger partial charge in [0.1, 0.15) is 0 Å². The van der Waals surface area contributed by atoms with Crippen LogP contribution in [0, 0.1) is 0 Å². The molecule has 0 aliphatic rings. The number of halogens is 2. The Morgan fingerprint density at radius 1 is 1.26 bits per heavy atom. The molecule has 2 aromatic rings. The molecule has 0 saturated heterocycles. The molecule has 1 aromatic carbocycles. The van der Waals surface area contributed by atoms with Crippen LogP contribution in [0.25, 0.3) is 0 Å². The van der Waals surface area contributed by atoms with Gasteiger partial charge in [-0.2, -0.15) is 0 Å². The number of nitrogens with zero attached hydrogens (tertiary/aromatic N) is 1. The summed E-state index contributed by atoms with van der Waals surface area (Å²) in [5.41, 5.74) is 7.85. The molecule has 2 N–H and O–H groups in total. The molecule has 0 aliphatic heterocycles. The first-order valence-corrected chi connectivity index (χ1v) is 7.54. The Kier molecular flexibility index (Phi) is 4.09. The molecule has 2 nitrogen and oxygen atoms in total. The highest BCUT2D eigenvalue weighted by atomic mass is 35.5. The van der Waals surface area contributed by atoms with Gasteiger partial charge >= 0.3 is 0 Å². The summed E-state index contributed by atoms with van der Waals surface area (Å²) in [4.78, 5) is 5.60. The van der Waals surface area contributed by atoms with Crippen LogP contribution in [0.15, 0.2) is 18.2 Å². The van der Waals surface area contributed by atoms with E-state index < -0.39 is 0 Å². The molecule has 1 heterocycles. The smallest absolute Gasteiger partial charge is 0.180 e. The topological polar surface area (TPSA) is 38.9 Å². The molecule has 0 fully saturated rings. The van der Waals surface area contributed by atoms with E-state index in [1.807, 2.05) is 12.1 Å². The summed E-state index contributed by atoms with van der Waals surface area (Å²) in [7, 11) is 0. The van der Waals surface area contributed by atoms with Crippen LogP contribution in [-0.4, -0.2) is 4.98 Å². The minimum absolute atomic E-state index is 0.0332. The molecule has 0 amide bonds. The highest BCUT2D eigenvalue weighted by Gasteiger charge is 2.23. The average molecular weight is 315 g/mol. The molecule has 1 aromatic heterocycles. The third-order valence-corrected chi connectivity index (χ3v) is 4.27. The van der Waals surface area contributed by atoms with Crippen molar-refractivity contribution in [2.45, 2.75) is 32.6 Å². The van der Waals surface area contributed by atoms with Crippen molar-refractivity contribution in [1.29, 1.82) is 0 Å². The monoisotopic (exact) mass is 314 g/mol. The lowest BCUT2D eigenvalue weighted by atomic mass is 9.90. The molecule has 0 spiro atoms. The standard InChI is InChI=1S/C14H16Cl2N2S/c1-14(2,3)12-11(19-13(17)18-12)7-8-6-9(15)4-5-10(8)16/h4-6H,7H2,1-3H3,(H2,17,18). The van der Waals surface area contributed by atoms with Crippen LogP contribution in [0.3, 0.4) is 0 Å². The average Bonchev–Trinajstić information content (AvgIpc) is 2.65. The van der Waals surface area contributed by atoms with Crippen molar-refractivity contribution in [2.24, 2.45) is 0 Å². The fourth-order valence-corrected chi connectivity index (χ4v) is 3.37. The fourth-order valence-electron chi connectivity index (χ4n) is 1.93. The number of thiazole rings is 1. The molecular formula is C14H16Cl2N2S. The molecule has 0 atom stereocenters. The predicted molar refractivity (Wildman–Crippen MR) is 84.5 cm³/mol. The van der Waals surface area contributed by atoms with Gasteiger partial charge in [0.15, 0.2) is 5.13 Å². The first-order chi connectivity index (χ1) is 8.77. The van der Waals surface area contributed by atoms with Crippen molar-refractivity contribution in [3.63, 3.8) is 0 Å². The Bertz CT molecular complexity index is 600. The molecule has 0 aliphatic carbocycles. The van der Waals surface area contributed by atoms with Crippen LogP contribution in [0.4, 0.5) is 5.13 Å². The van der Waals surface area contributed by atoms with E-state index in [0.29, 0.717) is 16.6 Å². The molecule has 0 saturated carbocycles. The van der Waals surface area contributed by atoms with Crippen LogP contribution in [0.1, 0.15) is 36.9 Å². The van der Waals surface area contributed by atoms with E-state index in [-0.39, 0.29) is 5.41 Å². The van der Waals surface area contributed by atoms with Crippen molar-refractivity contribution in [2.75, 3.05) is 5.73 Å². The van der Waals surface area contributed by atoms with Gasteiger partial charge in [-0.3, -0.25) is 0 Å². The molecule has 0 unspecified atom stereocenters. The SMILES string of the molecule is CC(C)(C)c1nc(N)sc1Cc1cc(Cl)ccc1Cl. The summed E-state index contributed by atoms with van der Waals surface area (Å²) in [6.07, 6.45) is 0.709. The maximum atomic E-state index is 6.21. The van der Waals surface area contributed by atoms with E-state index in [1.165, 1.54) is 11.3 Å². The first-order valence-electron chi connectivity index (χ1n) is 5.97. The van der Waals surface area contributed by atoms with Crippen LogP contribution in [0.5, 0.6) is 0 Å². The van der Waals surface area contributed by atoms with E-state index in [9.17, 15) is 0 Å². The Morgan fingerprint density at radius 2 is 1.95 bits per heavy atom. The minimum atomic E-state index is -0.0332. The molecular weight excluding hydrogens is 299 g/mol. The summed E-state index contributed by atoms with van der Waals surface area (Å²) >= 11 is 13.8. The maximum Gasteiger partial charge on any atom is 0.180 e. The maximum absolute atomic E-state index is 6.21. The van der Waals surface area contributed by atoms with E-state index in [4.69, 9.17) is 28.9 Å². The molecule has 5 heteroatoms. The molecule has 0 bridgehead atoms. The zero-order chi connectivity index (χ0) is 14.2. The van der Waals surface area contributed by atoms with Crippen LogP contribution in [-0.2, 0) is 11.8 Å². The quantitative estimate of drug-likeness (QED) is 0.854. The van der Waals surface area contributed by atoms with Gasteiger partial charge in [0, 0.05) is 26.8 Å². The minimum Gasteiger partial charge on any atom is -0.375 e. The number of nitrogen functional groups attached to an aromatic ring is 1. The van der Waals surface area contributed by atoms with Crippen molar-refractivity contribution in [3.8, 4) is 0 Å². The zero-order valence-corrected chi connectivity index (χ0v) is 13.5. The number of rotatable bonds is 2. The normalized spacial score (nSPS) is 11.8. The number of aromatic nitrogens is 1. The summed E-state index contributed by atoms with van der Waals surface area (Å²) in [6.45, 7) is 6.39. The van der Waals surface area contributed by atoms with Gasteiger partial charge in [-0.15, -0.1) is 11.3 Å². The van der Waals surface area contributed by atoms with Gasteiger partial charge < -0.3 is 5.73 Å². The van der Waals surface area contributed by atoms with E-state index >= 15 is 0 Å². The second kappa shape index (κ2) is 5.31. The summed E-state index contributed by atoms with van der Waals surface area (Å²) in [6, 6.07) is 5.51. The van der Waals surface area contributed by atoms with Gasteiger partial charge in [0.05, 0.1) is 5.69 Å². The number of hydrogen-bond donors (Lipinski definition) is 1. The first kappa shape index (κ1) is 14.6. The van der Waals surface area contributed by atoms with Crippen LogP contribution >= 0.6 is 34.5 Å². The lowest BCUT2D eigenvalue weighted by Crippen LogP contribution is -2.14. The zero-order valence-electron chi connectivity index (χ0n) is 11.1. The third-order valence-electron chi connectivity index (χ3n) is 2.78. The Labute approximate surface area is 127 Å². The molecule has 19 heavy (non-hydrogen) atoms. The number of anilines is 1. The highest BCUT2D eigenvalue weighted by molar-refractivity contribution is 7.15. The largest absolute Gasteiger partial charge is 0.375 e. The van der Waals surface area contributed by atoms with E-state index in [1.54, 1.807) is 6.07 Å². The Hall–Kier alpha value is -0.770. The van der Waals surface area contributed by atoms with Gasteiger partial charge in [0.2, 0.25) is 0 Å². The third kappa shape index (κ3) is 3.41. The Morgan fingerprint density at radius 3 is 2.58 bits per heavy atom. The second-order valence-corrected chi connectivity index (χ2v) is 7.45. The van der Waals surface area contributed by atoms with Gasteiger partial charge in [-0.1, -0.05) is 44.0 Å². The molecule has 2 rings (SSSR count). The van der Waals surface area contributed by atoms with Gasteiger partial charge in [-0.25, -0.2) is 4.98 Å². The fraction of sp³-hybridized carbons (Fsp3) is 0.357. The summed E-state index contributed by atoms with van der Waals surface area (Å²) in [5, 5.41) is 2.00. The van der Waals surface area contributed by atoms with Crippen molar-refractivity contribution in [1.82, 2.24) is 4.98 Å². The molecule has 102 valence electrons. The highest BCUT2D eigenvalue weighted by Crippen LogP contribution is 2.34. The van der Waals surface area contributed by atoms with Crippen LogP contribution < -0.4 is 5.73 Å². The number of hydrogen-bond acceptors (Lipinski definition) is 3. The number of benzene rings is 1. The molecule has 0 radical (unpaired) electrons. The summed E-state index contributed by atoms with van der Waals surface area (Å²) < 4.78 is 0. The second-order valence-electron chi connectivity index (χ2n) is 5.49. The Balaban J connectivity index is 2.41. The van der Waals surface area contributed by atoms with Crippen LogP contribution in [0.2, 0.25) is 10.0 Å². The van der Waals surface area contributed by atoms with E-state index in [2.05, 4.69) is 25.8 Å². The van der Waals surface area contributed by atoms with Gasteiger partial charge in [-0.05, 0) is 23.8 Å². The lowest BCUT2D eigenvalue weighted by Gasteiger charge is -2.17. The van der Waals surface area contributed by atoms with Gasteiger partial charge in [0.25, 0.3) is 0 Å². The van der Waals surface area contributed by atoms with Crippen molar-refractivity contribution in [3.05, 3.63) is 44.4 Å². The lowest BCUT2D eigenvalue weighted by molar-refractivity contribution is 0.568. The van der Waals surface area contributed by atoms with Crippen molar-refractivity contribution >= 4 is 39.7 Å².